The predicted octanol–water partition coefficient (Wildman–Crippen LogP) is 3.92. The molecule has 0 saturated carbocycles. The highest BCUT2D eigenvalue weighted by molar-refractivity contribution is 9.11. The topological polar surface area (TPSA) is 104 Å². The highest BCUT2D eigenvalue weighted by Crippen LogP contribution is 2.40. The van der Waals surface area contributed by atoms with E-state index in [2.05, 4.69) is 57.6 Å². The van der Waals surface area contributed by atoms with Crippen LogP contribution < -0.4 is 5.43 Å². The average molecular weight is 465 g/mol. The van der Waals surface area contributed by atoms with E-state index in [9.17, 15) is 10.2 Å². The van der Waals surface area contributed by atoms with Crippen molar-refractivity contribution in [2.45, 2.75) is 0 Å². The van der Waals surface area contributed by atoms with Crippen LogP contribution in [0.1, 0.15) is 5.56 Å². The van der Waals surface area contributed by atoms with Crippen molar-refractivity contribution < 1.29 is 10.2 Å². The maximum Gasteiger partial charge on any atom is 0.263 e. The number of phenols is 2. The lowest BCUT2D eigenvalue weighted by atomic mass is 10.2. The van der Waals surface area contributed by atoms with Crippen LogP contribution in [-0.2, 0) is 0 Å². The van der Waals surface area contributed by atoms with Crippen LogP contribution in [0.5, 0.6) is 11.5 Å². The number of nitrogens with one attached hydrogen (secondary N) is 1. The van der Waals surface area contributed by atoms with E-state index in [4.69, 9.17) is 0 Å². The van der Waals surface area contributed by atoms with Gasteiger partial charge in [-0.2, -0.15) is 10.2 Å². The number of anilines is 1. The summed E-state index contributed by atoms with van der Waals surface area (Å²) in [5, 5.41) is 31.5. The zero-order valence-electron chi connectivity index (χ0n) is 12.6. The van der Waals surface area contributed by atoms with Crippen molar-refractivity contribution in [2.75, 3.05) is 5.43 Å². The van der Waals surface area contributed by atoms with Gasteiger partial charge in [0.15, 0.2) is 0 Å². The molecular weight excluding hydrogens is 454 g/mol. The third-order valence-electron chi connectivity index (χ3n) is 3.19. The predicted molar refractivity (Wildman–Crippen MR) is 102 cm³/mol. The summed E-state index contributed by atoms with van der Waals surface area (Å²) in [5.41, 5.74) is 4.62. The molecule has 7 nitrogen and oxygen atoms in total. The highest BCUT2D eigenvalue weighted by atomic mass is 79.9. The number of phenolic OH excluding ortho intramolecular Hbond substituents is 2. The first kappa shape index (κ1) is 17.3. The number of aromatic hydroxyl groups is 2. The van der Waals surface area contributed by atoms with Gasteiger partial charge in [0.25, 0.3) is 5.95 Å². The van der Waals surface area contributed by atoms with Crippen molar-refractivity contribution in [3.63, 3.8) is 0 Å². The highest BCUT2D eigenvalue weighted by Gasteiger charge is 2.12. The molecule has 126 valence electrons. The normalized spacial score (nSPS) is 11.0. The van der Waals surface area contributed by atoms with Gasteiger partial charge in [-0.3, -0.25) is 0 Å². The van der Waals surface area contributed by atoms with Gasteiger partial charge < -0.3 is 10.2 Å². The standard InChI is InChI=1S/C16H11Br2N5O2/c17-11-6-10(14(24)13(18)15(11)25)7-19-22-16-21-12(8-20-23-16)9-4-2-1-3-5-9/h1-8,24-25H,(H,21,22,23). The van der Waals surface area contributed by atoms with E-state index in [0.717, 1.165) is 5.56 Å². The number of benzene rings is 2. The zero-order chi connectivity index (χ0) is 17.8. The zero-order valence-corrected chi connectivity index (χ0v) is 15.7. The Kier molecular flexibility index (Phi) is 5.25. The molecule has 9 heteroatoms. The smallest absolute Gasteiger partial charge is 0.263 e. The van der Waals surface area contributed by atoms with Gasteiger partial charge in [-0.05, 0) is 37.9 Å². The number of aromatic nitrogens is 3. The van der Waals surface area contributed by atoms with Crippen molar-refractivity contribution in [1.29, 1.82) is 0 Å². The molecule has 0 unspecified atom stereocenters. The van der Waals surface area contributed by atoms with Crippen molar-refractivity contribution >= 4 is 44.0 Å². The molecule has 0 atom stereocenters. The quantitative estimate of drug-likeness (QED) is 0.399. The van der Waals surface area contributed by atoms with Gasteiger partial charge in [-0.15, -0.1) is 5.10 Å². The Morgan fingerprint density at radius 3 is 2.60 bits per heavy atom. The van der Waals surface area contributed by atoms with E-state index in [1.165, 1.54) is 12.3 Å². The van der Waals surface area contributed by atoms with E-state index in [1.807, 2.05) is 30.3 Å². The summed E-state index contributed by atoms with van der Waals surface area (Å²) in [4.78, 5) is 4.33. The van der Waals surface area contributed by atoms with Crippen LogP contribution in [-0.4, -0.2) is 31.6 Å². The number of rotatable bonds is 4. The molecule has 0 spiro atoms. The Morgan fingerprint density at radius 1 is 1.08 bits per heavy atom. The summed E-state index contributed by atoms with van der Waals surface area (Å²) < 4.78 is 0.593. The molecule has 0 radical (unpaired) electrons. The van der Waals surface area contributed by atoms with Gasteiger partial charge in [-0.1, -0.05) is 30.3 Å². The van der Waals surface area contributed by atoms with Gasteiger partial charge in [0, 0.05) is 11.1 Å². The van der Waals surface area contributed by atoms with E-state index in [1.54, 1.807) is 6.20 Å². The van der Waals surface area contributed by atoms with Gasteiger partial charge >= 0.3 is 0 Å². The second kappa shape index (κ2) is 7.58. The number of nitrogens with zero attached hydrogens (tertiary/aromatic N) is 4. The summed E-state index contributed by atoms with van der Waals surface area (Å²) in [6.45, 7) is 0. The van der Waals surface area contributed by atoms with Crippen molar-refractivity contribution in [3.05, 3.63) is 57.1 Å². The molecule has 0 saturated heterocycles. The van der Waals surface area contributed by atoms with E-state index in [0.29, 0.717) is 15.7 Å². The molecule has 3 N–H and O–H groups in total. The first-order chi connectivity index (χ1) is 12.1. The fourth-order valence-electron chi connectivity index (χ4n) is 1.97. The van der Waals surface area contributed by atoms with Crippen LogP contribution >= 0.6 is 31.9 Å². The lowest BCUT2D eigenvalue weighted by molar-refractivity contribution is 0.442. The molecule has 2 aromatic carbocycles. The maximum atomic E-state index is 10.0. The molecular formula is C16H11Br2N5O2. The molecule has 0 bridgehead atoms. The molecule has 1 aromatic heterocycles. The maximum absolute atomic E-state index is 10.0. The van der Waals surface area contributed by atoms with E-state index < -0.39 is 0 Å². The first-order valence-corrected chi connectivity index (χ1v) is 8.59. The largest absolute Gasteiger partial charge is 0.506 e. The molecule has 0 aliphatic rings. The second-order valence-electron chi connectivity index (χ2n) is 4.86. The SMILES string of the molecule is Oc1c(Br)cc(C=NNc2nncc(-c3ccccc3)n2)c(O)c1Br. The van der Waals surface area contributed by atoms with E-state index >= 15 is 0 Å². The fourth-order valence-corrected chi connectivity index (χ4v) is 3.13. The summed E-state index contributed by atoms with van der Waals surface area (Å²) in [5.74, 6) is -0.0111. The molecule has 0 amide bonds. The third kappa shape index (κ3) is 3.94. The summed E-state index contributed by atoms with van der Waals surface area (Å²) >= 11 is 6.30. The lowest BCUT2D eigenvalue weighted by Gasteiger charge is -2.06. The van der Waals surface area contributed by atoms with Crippen LogP contribution in [0.25, 0.3) is 11.3 Å². The Bertz CT molecular complexity index is 935. The molecule has 3 aromatic rings. The number of halogens is 2. The first-order valence-electron chi connectivity index (χ1n) is 7.00. The molecule has 0 aliphatic carbocycles. The molecule has 0 aliphatic heterocycles. The molecule has 0 fully saturated rings. The minimum absolute atomic E-state index is 0.0919. The van der Waals surface area contributed by atoms with Crippen LogP contribution in [0.15, 0.2) is 56.6 Å². The lowest BCUT2D eigenvalue weighted by Crippen LogP contribution is -2.00. The minimum atomic E-state index is -0.136. The van der Waals surface area contributed by atoms with E-state index in [-0.39, 0.29) is 21.9 Å². The van der Waals surface area contributed by atoms with Crippen molar-refractivity contribution in [3.8, 4) is 22.8 Å². The monoisotopic (exact) mass is 463 g/mol. The van der Waals surface area contributed by atoms with Gasteiger partial charge in [0.1, 0.15) is 16.0 Å². The average Bonchev–Trinajstić information content (AvgIpc) is 2.65. The minimum Gasteiger partial charge on any atom is -0.506 e. The van der Waals surface area contributed by atoms with Crippen molar-refractivity contribution in [1.82, 2.24) is 15.2 Å². The van der Waals surface area contributed by atoms with Crippen molar-refractivity contribution in [2.24, 2.45) is 5.10 Å². The third-order valence-corrected chi connectivity index (χ3v) is 4.55. The Morgan fingerprint density at radius 2 is 1.84 bits per heavy atom. The number of hydrazone groups is 1. The fraction of sp³-hybridized carbons (Fsp3) is 0. The van der Waals surface area contributed by atoms with Gasteiger partial charge in [0.2, 0.25) is 0 Å². The summed E-state index contributed by atoms with van der Waals surface area (Å²) in [7, 11) is 0. The van der Waals surface area contributed by atoms with Gasteiger partial charge in [-0.25, -0.2) is 10.4 Å². The van der Waals surface area contributed by atoms with Crippen LogP contribution in [0.2, 0.25) is 0 Å². The number of hydrogen-bond donors (Lipinski definition) is 3. The molecule has 1 heterocycles. The van der Waals surface area contributed by atoms with Crippen LogP contribution in [0.4, 0.5) is 5.95 Å². The Hall–Kier alpha value is -2.52. The second-order valence-corrected chi connectivity index (χ2v) is 6.51. The van der Waals surface area contributed by atoms with Gasteiger partial charge in [0.05, 0.1) is 22.6 Å². The molecule has 25 heavy (non-hydrogen) atoms. The Balaban J connectivity index is 1.80. The summed E-state index contributed by atoms with van der Waals surface area (Å²) in [6, 6.07) is 11.1. The van der Waals surface area contributed by atoms with Crippen LogP contribution in [0.3, 0.4) is 0 Å². The Labute approximate surface area is 159 Å². The van der Waals surface area contributed by atoms with Crippen LogP contribution in [0, 0.1) is 0 Å². The number of hydrogen-bond acceptors (Lipinski definition) is 7. The summed E-state index contributed by atoms with van der Waals surface area (Å²) in [6.07, 6.45) is 2.94. The molecule has 3 rings (SSSR count).